The number of aliphatic carboxylic acids is 1. The van der Waals surface area contributed by atoms with E-state index in [4.69, 9.17) is 0 Å². The fourth-order valence-electron chi connectivity index (χ4n) is 2.91. The van der Waals surface area contributed by atoms with Crippen LogP contribution in [0.3, 0.4) is 0 Å². The molecule has 2 aromatic rings. The van der Waals surface area contributed by atoms with Crippen LogP contribution in [-0.4, -0.2) is 34.3 Å². The molecule has 0 unspecified atom stereocenters. The summed E-state index contributed by atoms with van der Waals surface area (Å²) < 4.78 is 0. The number of hydrogen-bond donors (Lipinski definition) is 2. The zero-order chi connectivity index (χ0) is 18.9. The summed E-state index contributed by atoms with van der Waals surface area (Å²) in [6, 6.07) is 14.0. The Labute approximate surface area is 151 Å². The Morgan fingerprint density at radius 1 is 1.12 bits per heavy atom. The lowest BCUT2D eigenvalue weighted by Gasteiger charge is -2.20. The van der Waals surface area contributed by atoms with Gasteiger partial charge in [-0.05, 0) is 43.2 Å². The van der Waals surface area contributed by atoms with Crippen LogP contribution in [0, 0.1) is 0 Å². The first-order valence-corrected chi connectivity index (χ1v) is 8.30. The highest BCUT2D eigenvalue weighted by molar-refractivity contribution is 6.02. The van der Waals surface area contributed by atoms with E-state index in [-0.39, 0.29) is 18.4 Å². The molecule has 0 bridgehead atoms. The van der Waals surface area contributed by atoms with Gasteiger partial charge in [0.2, 0.25) is 5.91 Å². The highest BCUT2D eigenvalue weighted by atomic mass is 16.4. The molecule has 0 aliphatic carbocycles. The van der Waals surface area contributed by atoms with Crippen LogP contribution in [0.25, 0.3) is 0 Å². The Kier molecular flexibility index (Phi) is 4.50. The lowest BCUT2D eigenvalue weighted by molar-refractivity contribution is -0.142. The van der Waals surface area contributed by atoms with Crippen molar-refractivity contribution in [2.24, 2.45) is 0 Å². The molecule has 0 saturated carbocycles. The number of carboxylic acid groups (broad SMARTS) is 1. The molecule has 1 aliphatic rings. The number of rotatable bonds is 5. The largest absolute Gasteiger partial charge is 0.481 e. The summed E-state index contributed by atoms with van der Waals surface area (Å²) in [7, 11) is 0. The third-order valence-corrected chi connectivity index (χ3v) is 4.66. The van der Waals surface area contributed by atoms with Crippen molar-refractivity contribution in [3.63, 3.8) is 0 Å². The Morgan fingerprint density at radius 2 is 1.77 bits per heavy atom. The van der Waals surface area contributed by atoms with Crippen molar-refractivity contribution in [1.82, 2.24) is 4.90 Å². The number of benzene rings is 2. The molecule has 0 saturated heterocycles. The molecule has 0 fully saturated rings. The molecule has 2 N–H and O–H groups in total. The molecule has 134 valence electrons. The number of amides is 2. The van der Waals surface area contributed by atoms with Gasteiger partial charge in [0.25, 0.3) is 5.91 Å². The van der Waals surface area contributed by atoms with Gasteiger partial charge in [0, 0.05) is 17.8 Å². The first-order chi connectivity index (χ1) is 12.3. The van der Waals surface area contributed by atoms with Gasteiger partial charge in [-0.15, -0.1) is 0 Å². The molecule has 6 nitrogen and oxygen atoms in total. The van der Waals surface area contributed by atoms with Crippen LogP contribution in [0.2, 0.25) is 0 Å². The summed E-state index contributed by atoms with van der Waals surface area (Å²) in [5.41, 5.74) is 1.76. The molecule has 0 spiro atoms. The van der Waals surface area contributed by atoms with Crippen LogP contribution in [0.5, 0.6) is 0 Å². The van der Waals surface area contributed by atoms with E-state index in [1.54, 1.807) is 50.2 Å². The number of carboxylic acids is 1. The van der Waals surface area contributed by atoms with E-state index >= 15 is 0 Å². The van der Waals surface area contributed by atoms with Crippen molar-refractivity contribution in [3.8, 4) is 0 Å². The van der Waals surface area contributed by atoms with Crippen molar-refractivity contribution >= 4 is 23.5 Å². The van der Waals surface area contributed by atoms with Gasteiger partial charge in [0.05, 0.1) is 5.41 Å². The van der Waals surface area contributed by atoms with Gasteiger partial charge in [0.1, 0.15) is 6.54 Å². The van der Waals surface area contributed by atoms with Crippen LogP contribution >= 0.6 is 0 Å². The van der Waals surface area contributed by atoms with Crippen molar-refractivity contribution in [3.05, 3.63) is 65.2 Å². The Hall–Kier alpha value is -3.15. The summed E-state index contributed by atoms with van der Waals surface area (Å²) in [4.78, 5) is 37.3. The summed E-state index contributed by atoms with van der Waals surface area (Å²) in [6.07, 6.45) is 0. The molecule has 0 atom stereocenters. The SMILES string of the molecule is CC(C)(C(=O)O)c1ccc(NC(=O)CN2Cc3ccccc3C2=O)cc1. The number of hydrogen-bond acceptors (Lipinski definition) is 3. The average molecular weight is 352 g/mol. The lowest BCUT2D eigenvalue weighted by atomic mass is 9.85. The van der Waals surface area contributed by atoms with Gasteiger partial charge < -0.3 is 15.3 Å². The summed E-state index contributed by atoms with van der Waals surface area (Å²) >= 11 is 0. The van der Waals surface area contributed by atoms with Crippen LogP contribution in [0.15, 0.2) is 48.5 Å². The maximum atomic E-state index is 12.3. The van der Waals surface area contributed by atoms with E-state index in [1.807, 2.05) is 12.1 Å². The minimum atomic E-state index is -1.00. The fourth-order valence-corrected chi connectivity index (χ4v) is 2.91. The first-order valence-electron chi connectivity index (χ1n) is 8.30. The fraction of sp³-hybridized carbons (Fsp3) is 0.250. The van der Waals surface area contributed by atoms with Crippen molar-refractivity contribution in [2.75, 3.05) is 11.9 Å². The third kappa shape index (κ3) is 3.31. The predicted octanol–water partition coefficient (Wildman–Crippen LogP) is 2.64. The normalized spacial score (nSPS) is 13.5. The molecule has 1 aliphatic heterocycles. The van der Waals surface area contributed by atoms with E-state index in [0.717, 1.165) is 5.56 Å². The molecule has 2 aromatic carbocycles. The minimum absolute atomic E-state index is 0.0319. The summed E-state index contributed by atoms with van der Waals surface area (Å²) in [5, 5.41) is 12.0. The van der Waals surface area contributed by atoms with E-state index in [9.17, 15) is 19.5 Å². The molecule has 2 amide bonds. The number of nitrogens with one attached hydrogen (secondary N) is 1. The zero-order valence-electron chi connectivity index (χ0n) is 14.7. The smallest absolute Gasteiger partial charge is 0.313 e. The van der Waals surface area contributed by atoms with E-state index in [1.165, 1.54) is 4.90 Å². The number of nitrogens with zero attached hydrogens (tertiary/aromatic N) is 1. The predicted molar refractivity (Wildman–Crippen MR) is 96.9 cm³/mol. The van der Waals surface area contributed by atoms with E-state index in [2.05, 4.69) is 5.32 Å². The summed E-state index contributed by atoms with van der Waals surface area (Å²) in [6.45, 7) is 3.64. The zero-order valence-corrected chi connectivity index (χ0v) is 14.7. The van der Waals surface area contributed by atoms with E-state index in [0.29, 0.717) is 23.4 Å². The first kappa shape index (κ1) is 17.7. The van der Waals surface area contributed by atoms with Crippen molar-refractivity contribution in [1.29, 1.82) is 0 Å². The van der Waals surface area contributed by atoms with Crippen molar-refractivity contribution < 1.29 is 19.5 Å². The Balaban J connectivity index is 1.63. The molecule has 0 aromatic heterocycles. The molecule has 26 heavy (non-hydrogen) atoms. The second-order valence-corrected chi connectivity index (χ2v) is 6.87. The maximum absolute atomic E-state index is 12.3. The molecule has 0 radical (unpaired) electrons. The van der Waals surface area contributed by atoms with Gasteiger partial charge in [0.15, 0.2) is 0 Å². The van der Waals surface area contributed by atoms with Crippen LogP contribution in [0.4, 0.5) is 5.69 Å². The molecule has 3 rings (SSSR count). The van der Waals surface area contributed by atoms with E-state index < -0.39 is 11.4 Å². The maximum Gasteiger partial charge on any atom is 0.313 e. The summed E-state index contributed by atoms with van der Waals surface area (Å²) in [5.74, 6) is -1.35. The molecular formula is C20H20N2O4. The highest BCUT2D eigenvalue weighted by Crippen LogP contribution is 2.25. The van der Waals surface area contributed by atoms with Gasteiger partial charge in [-0.1, -0.05) is 30.3 Å². The highest BCUT2D eigenvalue weighted by Gasteiger charge is 2.30. The number of carbonyl (C=O) groups is 3. The second kappa shape index (κ2) is 6.63. The second-order valence-electron chi connectivity index (χ2n) is 6.87. The lowest BCUT2D eigenvalue weighted by Crippen LogP contribution is -2.33. The Morgan fingerprint density at radius 3 is 2.38 bits per heavy atom. The van der Waals surface area contributed by atoms with Crippen LogP contribution in [0.1, 0.15) is 35.3 Å². The number of fused-ring (bicyclic) bond motifs is 1. The standard InChI is InChI=1S/C20H20N2O4/c1-20(2,19(25)26)14-7-9-15(10-8-14)21-17(23)12-22-11-13-5-3-4-6-16(13)18(22)24/h3-10H,11-12H2,1-2H3,(H,21,23)(H,25,26). The van der Waals surface area contributed by atoms with Gasteiger partial charge in [-0.3, -0.25) is 14.4 Å². The minimum Gasteiger partial charge on any atom is -0.481 e. The topological polar surface area (TPSA) is 86.7 Å². The van der Waals surface area contributed by atoms with Gasteiger partial charge in [-0.2, -0.15) is 0 Å². The van der Waals surface area contributed by atoms with Crippen LogP contribution in [-0.2, 0) is 21.5 Å². The van der Waals surface area contributed by atoms with Gasteiger partial charge >= 0.3 is 5.97 Å². The molecular weight excluding hydrogens is 332 g/mol. The van der Waals surface area contributed by atoms with Crippen molar-refractivity contribution in [2.45, 2.75) is 25.8 Å². The van der Waals surface area contributed by atoms with Crippen LogP contribution < -0.4 is 5.32 Å². The monoisotopic (exact) mass is 352 g/mol. The third-order valence-electron chi connectivity index (χ3n) is 4.66. The molecule has 1 heterocycles. The number of anilines is 1. The average Bonchev–Trinajstić information content (AvgIpc) is 2.91. The Bertz CT molecular complexity index is 872. The number of carbonyl (C=O) groups excluding carboxylic acids is 2. The van der Waals surface area contributed by atoms with Gasteiger partial charge in [-0.25, -0.2) is 0 Å². The molecule has 6 heteroatoms. The quantitative estimate of drug-likeness (QED) is 0.866.